The first-order valence-electron chi connectivity index (χ1n) is 4.01. The lowest BCUT2D eigenvalue weighted by Gasteiger charge is -2.24. The minimum absolute atomic E-state index is 0.0402. The molecule has 1 heterocycles. The van der Waals surface area contributed by atoms with Crippen LogP contribution in [0.15, 0.2) is 0 Å². The monoisotopic (exact) mass is 164 g/mol. The van der Waals surface area contributed by atoms with Crippen LogP contribution in [0.3, 0.4) is 0 Å². The minimum atomic E-state index is 0.0402. The summed E-state index contributed by atoms with van der Waals surface area (Å²) >= 11 is 0. The third-order valence-electron chi connectivity index (χ3n) is 2.32. The molecule has 63 valence electrons. The number of rotatable bonds is 1. The van der Waals surface area contributed by atoms with E-state index >= 15 is 0 Å². The molecule has 12 heavy (non-hydrogen) atoms. The molecule has 1 radical (unpaired) electrons. The standard InChI is InChI=1S/C8H10N3O/c9-8-7(12)6(10-4-11-8)5-2-1-3-5/h5,12H,1-3H2,(H2,9,10,11). The highest BCUT2D eigenvalue weighted by atomic mass is 16.3. The van der Waals surface area contributed by atoms with Crippen molar-refractivity contribution in [1.82, 2.24) is 9.97 Å². The van der Waals surface area contributed by atoms with Crippen LogP contribution in [0.5, 0.6) is 5.75 Å². The van der Waals surface area contributed by atoms with Crippen LogP contribution in [-0.4, -0.2) is 15.1 Å². The maximum absolute atomic E-state index is 9.46. The van der Waals surface area contributed by atoms with Gasteiger partial charge in [0.05, 0.1) is 5.69 Å². The number of aromatic nitrogens is 2. The molecule has 3 N–H and O–H groups in total. The van der Waals surface area contributed by atoms with Crippen molar-refractivity contribution >= 4 is 5.82 Å². The lowest BCUT2D eigenvalue weighted by Crippen LogP contribution is -2.12. The lowest BCUT2D eigenvalue weighted by molar-refractivity contribution is 0.382. The maximum atomic E-state index is 9.46. The predicted molar refractivity (Wildman–Crippen MR) is 43.5 cm³/mol. The molecule has 0 amide bonds. The average Bonchev–Trinajstić information content (AvgIpc) is 1.95. The van der Waals surface area contributed by atoms with Gasteiger partial charge in [-0.05, 0) is 12.8 Å². The van der Waals surface area contributed by atoms with E-state index in [1.807, 2.05) is 0 Å². The molecule has 4 heteroatoms. The first kappa shape index (κ1) is 7.34. The van der Waals surface area contributed by atoms with Gasteiger partial charge in [0.25, 0.3) is 0 Å². The second-order valence-corrected chi connectivity index (χ2v) is 3.07. The van der Waals surface area contributed by atoms with Crippen LogP contribution in [0, 0.1) is 6.33 Å². The minimum Gasteiger partial charge on any atom is -0.503 e. The average molecular weight is 164 g/mol. The van der Waals surface area contributed by atoms with Gasteiger partial charge >= 0.3 is 0 Å². The molecule has 1 aromatic rings. The second kappa shape index (κ2) is 2.62. The Bertz CT molecular complexity index is 296. The summed E-state index contributed by atoms with van der Waals surface area (Å²) < 4.78 is 0. The Morgan fingerprint density at radius 2 is 2.17 bits per heavy atom. The van der Waals surface area contributed by atoms with Crippen molar-refractivity contribution in [2.45, 2.75) is 25.2 Å². The molecule has 1 fully saturated rings. The Morgan fingerprint density at radius 1 is 1.42 bits per heavy atom. The Balaban J connectivity index is 2.36. The number of hydrogen-bond acceptors (Lipinski definition) is 4. The van der Waals surface area contributed by atoms with E-state index in [-0.39, 0.29) is 11.6 Å². The molecule has 2 rings (SSSR count). The number of nitrogens with two attached hydrogens (primary N) is 1. The maximum Gasteiger partial charge on any atom is 0.200 e. The van der Waals surface area contributed by atoms with Crippen LogP contribution >= 0.6 is 0 Å². The van der Waals surface area contributed by atoms with E-state index in [2.05, 4.69) is 16.3 Å². The molecule has 0 unspecified atom stereocenters. The Labute approximate surface area is 70.5 Å². The van der Waals surface area contributed by atoms with Crippen LogP contribution in [0.25, 0.3) is 0 Å². The zero-order valence-corrected chi connectivity index (χ0v) is 6.62. The fourth-order valence-electron chi connectivity index (χ4n) is 1.34. The van der Waals surface area contributed by atoms with Crippen molar-refractivity contribution in [2.75, 3.05) is 5.73 Å². The van der Waals surface area contributed by atoms with Crippen LogP contribution in [-0.2, 0) is 0 Å². The van der Waals surface area contributed by atoms with Crippen molar-refractivity contribution in [1.29, 1.82) is 0 Å². The lowest BCUT2D eigenvalue weighted by atomic mass is 9.82. The first-order valence-corrected chi connectivity index (χ1v) is 4.01. The van der Waals surface area contributed by atoms with Gasteiger partial charge in [-0.15, -0.1) is 0 Å². The molecule has 1 saturated carbocycles. The molecule has 0 bridgehead atoms. The number of nitrogens with zero attached hydrogens (tertiary/aromatic N) is 2. The van der Waals surface area contributed by atoms with E-state index in [0.29, 0.717) is 11.6 Å². The van der Waals surface area contributed by atoms with E-state index in [9.17, 15) is 5.11 Å². The van der Waals surface area contributed by atoms with E-state index in [1.165, 1.54) is 6.42 Å². The summed E-state index contributed by atoms with van der Waals surface area (Å²) in [6, 6.07) is 0. The van der Waals surface area contributed by atoms with Gasteiger partial charge in [0.2, 0.25) is 0 Å². The fraction of sp³-hybridized carbons (Fsp3) is 0.500. The van der Waals surface area contributed by atoms with E-state index in [0.717, 1.165) is 12.8 Å². The third kappa shape index (κ3) is 0.995. The summed E-state index contributed by atoms with van der Waals surface area (Å²) in [6.45, 7) is 0. The number of nitrogen functional groups attached to an aromatic ring is 1. The second-order valence-electron chi connectivity index (χ2n) is 3.07. The normalized spacial score (nSPS) is 17.3. The van der Waals surface area contributed by atoms with Gasteiger partial charge in [-0.2, -0.15) is 0 Å². The molecular formula is C8H10N3O. The Kier molecular flexibility index (Phi) is 1.60. The Morgan fingerprint density at radius 3 is 2.75 bits per heavy atom. The highest BCUT2D eigenvalue weighted by molar-refractivity contribution is 5.48. The quantitative estimate of drug-likeness (QED) is 0.645. The van der Waals surface area contributed by atoms with Gasteiger partial charge in [0.15, 0.2) is 17.9 Å². The SMILES string of the molecule is Nc1n[c]nc(C2CCC2)c1O. The zero-order chi connectivity index (χ0) is 8.55. The predicted octanol–water partition coefficient (Wildman–Crippen LogP) is 0.832. The van der Waals surface area contributed by atoms with Crippen LogP contribution in [0.4, 0.5) is 5.82 Å². The van der Waals surface area contributed by atoms with Crippen LogP contribution in [0.2, 0.25) is 0 Å². The molecule has 1 aromatic heterocycles. The van der Waals surface area contributed by atoms with Crippen molar-refractivity contribution in [3.05, 3.63) is 12.0 Å². The largest absolute Gasteiger partial charge is 0.503 e. The highest BCUT2D eigenvalue weighted by Crippen LogP contribution is 2.40. The van der Waals surface area contributed by atoms with Crippen molar-refractivity contribution in [2.24, 2.45) is 0 Å². The van der Waals surface area contributed by atoms with Crippen LogP contribution in [0.1, 0.15) is 30.9 Å². The molecule has 0 spiro atoms. The van der Waals surface area contributed by atoms with Crippen LogP contribution < -0.4 is 5.73 Å². The summed E-state index contributed by atoms with van der Waals surface area (Å²) in [5.41, 5.74) is 6.07. The molecule has 0 aromatic carbocycles. The summed E-state index contributed by atoms with van der Waals surface area (Å²) in [6.07, 6.45) is 5.80. The summed E-state index contributed by atoms with van der Waals surface area (Å²) in [4.78, 5) is 7.47. The Hall–Kier alpha value is -1.32. The van der Waals surface area contributed by atoms with Crippen molar-refractivity contribution in [3.63, 3.8) is 0 Å². The molecule has 1 aliphatic carbocycles. The highest BCUT2D eigenvalue weighted by Gasteiger charge is 2.24. The van der Waals surface area contributed by atoms with Crippen molar-refractivity contribution < 1.29 is 5.11 Å². The van der Waals surface area contributed by atoms with Gasteiger partial charge in [-0.3, -0.25) is 0 Å². The number of hydrogen-bond donors (Lipinski definition) is 2. The summed E-state index contributed by atoms with van der Waals surface area (Å²) in [5.74, 6) is 0.539. The van der Waals surface area contributed by atoms with Crippen molar-refractivity contribution in [3.8, 4) is 5.75 Å². The first-order chi connectivity index (χ1) is 5.79. The number of aromatic hydroxyl groups is 1. The van der Waals surface area contributed by atoms with Gasteiger partial charge in [0.1, 0.15) is 0 Å². The molecule has 1 aliphatic rings. The van der Waals surface area contributed by atoms with E-state index in [1.54, 1.807) is 0 Å². The molecular weight excluding hydrogens is 154 g/mol. The third-order valence-corrected chi connectivity index (χ3v) is 2.32. The zero-order valence-electron chi connectivity index (χ0n) is 6.62. The van der Waals surface area contributed by atoms with Gasteiger partial charge < -0.3 is 10.8 Å². The van der Waals surface area contributed by atoms with Gasteiger partial charge in [0, 0.05) is 5.92 Å². The number of anilines is 1. The summed E-state index contributed by atoms with van der Waals surface area (Å²) in [7, 11) is 0. The molecule has 0 saturated heterocycles. The van der Waals surface area contributed by atoms with E-state index in [4.69, 9.17) is 5.73 Å². The molecule has 0 atom stereocenters. The van der Waals surface area contributed by atoms with E-state index < -0.39 is 0 Å². The topological polar surface area (TPSA) is 72.0 Å². The van der Waals surface area contributed by atoms with Gasteiger partial charge in [-0.1, -0.05) is 6.42 Å². The summed E-state index contributed by atoms with van der Waals surface area (Å²) in [5, 5.41) is 9.46. The molecule has 0 aliphatic heterocycles. The molecule has 4 nitrogen and oxygen atoms in total. The van der Waals surface area contributed by atoms with Gasteiger partial charge in [-0.25, -0.2) is 9.97 Å². The fourth-order valence-corrected chi connectivity index (χ4v) is 1.34. The smallest absolute Gasteiger partial charge is 0.200 e.